The van der Waals surface area contributed by atoms with Crippen LogP contribution in [0.2, 0.25) is 0 Å². The minimum atomic E-state index is -0.550. The second-order valence-corrected chi connectivity index (χ2v) is 5.56. The summed E-state index contributed by atoms with van der Waals surface area (Å²) in [4.78, 5) is 18.2. The Morgan fingerprint density at radius 1 is 1.22 bits per heavy atom. The van der Waals surface area contributed by atoms with E-state index in [1.54, 1.807) is 18.3 Å². The first kappa shape index (κ1) is 15.2. The van der Waals surface area contributed by atoms with Gasteiger partial charge < -0.3 is 10.0 Å². The summed E-state index contributed by atoms with van der Waals surface area (Å²) in [6.07, 6.45) is 1.77. The van der Waals surface area contributed by atoms with E-state index in [2.05, 4.69) is 11.1 Å². The van der Waals surface area contributed by atoms with Crippen molar-refractivity contribution in [3.63, 3.8) is 0 Å². The molecular weight excluding hydrogens is 290 g/mol. The molecule has 5 nitrogen and oxygen atoms in total. The summed E-state index contributed by atoms with van der Waals surface area (Å²) >= 11 is 0. The molecule has 0 saturated carbocycles. The van der Waals surface area contributed by atoms with Gasteiger partial charge in [0, 0.05) is 17.8 Å². The molecule has 116 valence electrons. The van der Waals surface area contributed by atoms with Crippen molar-refractivity contribution in [3.05, 3.63) is 66.0 Å². The molecule has 1 aromatic heterocycles. The van der Waals surface area contributed by atoms with Gasteiger partial charge >= 0.3 is 0 Å². The molecule has 1 aliphatic heterocycles. The third-order valence-electron chi connectivity index (χ3n) is 4.26. The number of pyridine rings is 1. The van der Waals surface area contributed by atoms with Crippen LogP contribution in [0.5, 0.6) is 0 Å². The van der Waals surface area contributed by atoms with Crippen molar-refractivity contribution in [3.8, 4) is 6.07 Å². The van der Waals surface area contributed by atoms with Crippen LogP contribution in [0.25, 0.3) is 0 Å². The first-order valence-electron chi connectivity index (χ1n) is 7.52. The maximum Gasteiger partial charge on any atom is 0.230 e. The van der Waals surface area contributed by atoms with Gasteiger partial charge in [-0.3, -0.25) is 9.78 Å². The largest absolute Gasteiger partial charge is 0.394 e. The molecule has 1 saturated heterocycles. The van der Waals surface area contributed by atoms with Gasteiger partial charge in [-0.2, -0.15) is 5.26 Å². The summed E-state index contributed by atoms with van der Waals surface area (Å²) in [6, 6.07) is 16.2. The molecule has 0 spiro atoms. The molecule has 1 aliphatic rings. The molecule has 2 aromatic rings. The van der Waals surface area contributed by atoms with Gasteiger partial charge in [-0.15, -0.1) is 0 Å². The second kappa shape index (κ2) is 6.59. The Hall–Kier alpha value is -2.71. The summed E-state index contributed by atoms with van der Waals surface area (Å²) in [7, 11) is 0. The summed E-state index contributed by atoms with van der Waals surface area (Å²) < 4.78 is 0. The predicted octanol–water partition coefficient (Wildman–Crippen LogP) is 1.50. The van der Waals surface area contributed by atoms with E-state index in [1.807, 2.05) is 36.4 Å². The van der Waals surface area contributed by atoms with Crippen molar-refractivity contribution >= 4 is 5.91 Å². The van der Waals surface area contributed by atoms with Crippen LogP contribution in [-0.2, 0) is 11.2 Å². The van der Waals surface area contributed by atoms with Crippen molar-refractivity contribution in [2.24, 2.45) is 0 Å². The molecular formula is C18H17N3O2. The number of rotatable bonds is 4. The average Bonchev–Trinajstić information content (AvgIpc) is 2.56. The standard InChI is InChI=1S/C18H17N3O2/c19-11-15-18(13-6-2-1-3-7-13)16(12-22)21(15)17(23)10-14-8-4-5-9-20-14/h1-9,15-16,18,22H,10,12H2/t15-,16-,18+/m1/s1. The highest BCUT2D eigenvalue weighted by Crippen LogP contribution is 2.40. The number of aliphatic hydroxyl groups excluding tert-OH is 1. The molecule has 0 radical (unpaired) electrons. The number of carbonyl (C=O) groups excluding carboxylic acids is 1. The fourth-order valence-electron chi connectivity index (χ4n) is 3.17. The van der Waals surface area contributed by atoms with Gasteiger partial charge in [0.2, 0.25) is 5.91 Å². The van der Waals surface area contributed by atoms with E-state index in [0.717, 1.165) is 5.56 Å². The fraction of sp³-hybridized carbons (Fsp3) is 0.278. The summed E-state index contributed by atoms with van der Waals surface area (Å²) in [5, 5.41) is 19.2. The van der Waals surface area contributed by atoms with E-state index < -0.39 is 6.04 Å². The molecule has 0 unspecified atom stereocenters. The first-order valence-corrected chi connectivity index (χ1v) is 7.52. The van der Waals surface area contributed by atoms with Gasteiger partial charge in [-0.1, -0.05) is 36.4 Å². The predicted molar refractivity (Wildman–Crippen MR) is 84.2 cm³/mol. The lowest BCUT2D eigenvalue weighted by Gasteiger charge is -2.51. The van der Waals surface area contributed by atoms with Crippen molar-refractivity contribution < 1.29 is 9.90 Å². The lowest BCUT2D eigenvalue weighted by Crippen LogP contribution is -2.65. The molecule has 2 heterocycles. The van der Waals surface area contributed by atoms with Crippen LogP contribution in [0.15, 0.2) is 54.7 Å². The van der Waals surface area contributed by atoms with E-state index in [4.69, 9.17) is 0 Å². The van der Waals surface area contributed by atoms with Crippen LogP contribution >= 0.6 is 0 Å². The minimum Gasteiger partial charge on any atom is -0.394 e. The van der Waals surface area contributed by atoms with E-state index in [0.29, 0.717) is 5.69 Å². The van der Waals surface area contributed by atoms with Gasteiger partial charge in [-0.25, -0.2) is 0 Å². The number of likely N-dealkylation sites (tertiary alicyclic amines) is 1. The van der Waals surface area contributed by atoms with E-state index in [-0.39, 0.29) is 30.9 Å². The molecule has 5 heteroatoms. The van der Waals surface area contributed by atoms with Crippen LogP contribution in [0.4, 0.5) is 0 Å². The molecule has 3 rings (SSSR count). The number of nitrogens with zero attached hydrogens (tertiary/aromatic N) is 3. The molecule has 23 heavy (non-hydrogen) atoms. The number of nitriles is 1. The summed E-state index contributed by atoms with van der Waals surface area (Å²) in [5.74, 6) is -0.333. The highest BCUT2D eigenvalue weighted by Gasteiger charge is 2.51. The summed E-state index contributed by atoms with van der Waals surface area (Å²) in [5.41, 5.74) is 1.63. The van der Waals surface area contributed by atoms with Gasteiger partial charge in [0.05, 0.1) is 25.1 Å². The van der Waals surface area contributed by atoms with E-state index in [1.165, 1.54) is 4.90 Å². The monoisotopic (exact) mass is 307 g/mol. The SMILES string of the molecule is N#C[C@@H]1[C@H](c2ccccc2)[C@@H](CO)N1C(=O)Cc1ccccn1. The van der Waals surface area contributed by atoms with Crippen molar-refractivity contribution in [2.45, 2.75) is 24.4 Å². The molecule has 1 amide bonds. The number of hydrogen-bond donors (Lipinski definition) is 1. The smallest absolute Gasteiger partial charge is 0.230 e. The average molecular weight is 307 g/mol. The van der Waals surface area contributed by atoms with Crippen molar-refractivity contribution in [1.29, 1.82) is 5.26 Å². The van der Waals surface area contributed by atoms with Crippen molar-refractivity contribution in [2.75, 3.05) is 6.61 Å². The summed E-state index contributed by atoms with van der Waals surface area (Å²) in [6.45, 7) is -0.161. The molecule has 1 N–H and O–H groups in total. The lowest BCUT2D eigenvalue weighted by molar-refractivity contribution is -0.146. The number of amides is 1. The van der Waals surface area contributed by atoms with E-state index >= 15 is 0 Å². The zero-order valence-electron chi connectivity index (χ0n) is 12.5. The highest BCUT2D eigenvalue weighted by molar-refractivity contribution is 5.81. The number of carbonyl (C=O) groups is 1. The quantitative estimate of drug-likeness (QED) is 0.928. The second-order valence-electron chi connectivity index (χ2n) is 5.56. The number of benzene rings is 1. The van der Waals surface area contributed by atoms with Gasteiger partial charge in [0.25, 0.3) is 0 Å². The number of aromatic nitrogens is 1. The van der Waals surface area contributed by atoms with Crippen LogP contribution in [0, 0.1) is 11.3 Å². The number of aliphatic hydroxyl groups is 1. The first-order chi connectivity index (χ1) is 11.3. The van der Waals surface area contributed by atoms with E-state index in [9.17, 15) is 15.2 Å². The maximum atomic E-state index is 12.5. The zero-order valence-corrected chi connectivity index (χ0v) is 12.5. The fourth-order valence-corrected chi connectivity index (χ4v) is 3.17. The van der Waals surface area contributed by atoms with Gasteiger partial charge in [0.1, 0.15) is 6.04 Å². The Labute approximate surface area is 134 Å². The Morgan fingerprint density at radius 2 is 1.96 bits per heavy atom. The minimum absolute atomic E-state index is 0.136. The van der Waals surface area contributed by atoms with Crippen molar-refractivity contribution in [1.82, 2.24) is 9.88 Å². The molecule has 3 atom stereocenters. The van der Waals surface area contributed by atoms with Gasteiger partial charge in [0.15, 0.2) is 0 Å². The normalized spacial score (nSPS) is 23.0. The number of hydrogen-bond acceptors (Lipinski definition) is 4. The van der Waals surface area contributed by atoms with Crippen LogP contribution in [0.3, 0.4) is 0 Å². The third-order valence-corrected chi connectivity index (χ3v) is 4.26. The molecule has 0 bridgehead atoms. The van der Waals surface area contributed by atoms with Crippen LogP contribution in [0.1, 0.15) is 17.2 Å². The third kappa shape index (κ3) is 2.81. The lowest BCUT2D eigenvalue weighted by atomic mass is 9.75. The Kier molecular flexibility index (Phi) is 4.35. The maximum absolute atomic E-state index is 12.5. The highest BCUT2D eigenvalue weighted by atomic mass is 16.3. The molecule has 1 aromatic carbocycles. The Bertz CT molecular complexity index is 712. The Morgan fingerprint density at radius 3 is 2.57 bits per heavy atom. The van der Waals surface area contributed by atoms with Gasteiger partial charge in [-0.05, 0) is 17.7 Å². The van der Waals surface area contributed by atoms with Crippen LogP contribution in [-0.4, -0.2) is 39.6 Å². The van der Waals surface area contributed by atoms with Crippen LogP contribution < -0.4 is 0 Å². The molecule has 0 aliphatic carbocycles. The topological polar surface area (TPSA) is 77.2 Å². The Balaban J connectivity index is 1.80. The zero-order chi connectivity index (χ0) is 16.2. The molecule has 1 fully saturated rings.